The van der Waals surface area contributed by atoms with E-state index in [1.54, 1.807) is 13.0 Å². The van der Waals surface area contributed by atoms with Crippen molar-refractivity contribution in [3.63, 3.8) is 0 Å². The number of hydrogen-bond donors (Lipinski definition) is 2. The fourth-order valence-electron chi connectivity index (χ4n) is 1.63. The summed E-state index contributed by atoms with van der Waals surface area (Å²) in [5.74, 6) is -0.358. The Morgan fingerprint density at radius 2 is 2.16 bits per heavy atom. The van der Waals surface area contributed by atoms with Crippen LogP contribution >= 0.6 is 0 Å². The molecule has 2 N–H and O–H groups in total. The Morgan fingerprint density at radius 3 is 2.79 bits per heavy atom. The van der Waals surface area contributed by atoms with Crippen molar-refractivity contribution in [3.8, 4) is 0 Å². The van der Waals surface area contributed by atoms with Gasteiger partial charge in [0.15, 0.2) is 0 Å². The van der Waals surface area contributed by atoms with Gasteiger partial charge < -0.3 is 10.3 Å². The zero-order chi connectivity index (χ0) is 14.3. The molecule has 0 saturated heterocycles. The van der Waals surface area contributed by atoms with Gasteiger partial charge in [0.25, 0.3) is 11.5 Å². The lowest BCUT2D eigenvalue weighted by atomic mass is 10.2. The molecule has 0 unspecified atom stereocenters. The van der Waals surface area contributed by atoms with Gasteiger partial charge in [-0.25, -0.2) is 0 Å². The predicted molar refractivity (Wildman–Crippen MR) is 77.3 cm³/mol. The average molecular weight is 260 g/mol. The number of pyridine rings is 1. The minimum Gasteiger partial charge on any atom is -0.348 e. The molecule has 0 radical (unpaired) electrons. The van der Waals surface area contributed by atoms with Gasteiger partial charge in [-0.2, -0.15) is 0 Å². The normalized spacial score (nSPS) is 11.8. The van der Waals surface area contributed by atoms with Crippen LogP contribution in [-0.2, 0) is 0 Å². The summed E-state index contributed by atoms with van der Waals surface area (Å²) in [5, 5.41) is 2.68. The van der Waals surface area contributed by atoms with Crippen molar-refractivity contribution >= 4 is 5.91 Å². The maximum atomic E-state index is 11.8. The van der Waals surface area contributed by atoms with Gasteiger partial charge in [0.1, 0.15) is 5.56 Å². The molecule has 0 aliphatic rings. The van der Waals surface area contributed by atoms with E-state index in [0.29, 0.717) is 6.54 Å². The van der Waals surface area contributed by atoms with Gasteiger partial charge in [-0.05, 0) is 32.4 Å². The van der Waals surface area contributed by atoms with Gasteiger partial charge in [-0.15, -0.1) is 0 Å². The molecule has 102 valence electrons. The van der Waals surface area contributed by atoms with Crippen molar-refractivity contribution in [3.05, 3.63) is 57.5 Å². The van der Waals surface area contributed by atoms with Gasteiger partial charge in [-0.1, -0.05) is 30.7 Å². The lowest BCUT2D eigenvalue weighted by Crippen LogP contribution is -2.29. The Kier molecular flexibility index (Phi) is 5.79. The molecule has 1 aromatic heterocycles. The largest absolute Gasteiger partial charge is 0.348 e. The SMILES string of the molecule is CC/C=C(C)/C=C/CNC(=O)c1ccc(C)[nH]c1=O. The smallest absolute Gasteiger partial charge is 0.260 e. The summed E-state index contributed by atoms with van der Waals surface area (Å²) < 4.78 is 0. The highest BCUT2D eigenvalue weighted by Gasteiger charge is 2.08. The number of amides is 1. The molecule has 0 aliphatic heterocycles. The van der Waals surface area contributed by atoms with Crippen LogP contribution in [0.3, 0.4) is 0 Å². The molecule has 0 aromatic carbocycles. The number of aryl methyl sites for hydroxylation is 1. The first-order chi connectivity index (χ1) is 9.04. The predicted octanol–water partition coefficient (Wildman–Crippen LogP) is 2.33. The van der Waals surface area contributed by atoms with E-state index in [9.17, 15) is 9.59 Å². The number of carbonyl (C=O) groups is 1. The molecule has 0 bridgehead atoms. The van der Waals surface area contributed by atoms with Gasteiger partial charge >= 0.3 is 0 Å². The van der Waals surface area contributed by atoms with Crippen LogP contribution in [0.15, 0.2) is 40.7 Å². The lowest BCUT2D eigenvalue weighted by molar-refractivity contribution is 0.0956. The summed E-state index contributed by atoms with van der Waals surface area (Å²) in [4.78, 5) is 25.9. The second-order valence-corrected chi connectivity index (χ2v) is 4.35. The van der Waals surface area contributed by atoms with Gasteiger partial charge in [0.2, 0.25) is 0 Å². The molecule has 0 fully saturated rings. The van der Waals surface area contributed by atoms with Crippen LogP contribution in [0.4, 0.5) is 0 Å². The molecule has 0 atom stereocenters. The molecule has 0 saturated carbocycles. The second kappa shape index (κ2) is 7.36. The van der Waals surface area contributed by atoms with Crippen LogP contribution in [-0.4, -0.2) is 17.4 Å². The van der Waals surface area contributed by atoms with Crippen LogP contribution in [0.5, 0.6) is 0 Å². The van der Waals surface area contributed by atoms with E-state index in [0.717, 1.165) is 17.7 Å². The molecule has 4 heteroatoms. The lowest BCUT2D eigenvalue weighted by Gasteiger charge is -2.02. The van der Waals surface area contributed by atoms with E-state index in [2.05, 4.69) is 23.3 Å². The maximum Gasteiger partial charge on any atom is 0.260 e. The summed E-state index contributed by atoms with van der Waals surface area (Å²) in [6.45, 7) is 6.25. The highest BCUT2D eigenvalue weighted by atomic mass is 16.2. The molecule has 0 aliphatic carbocycles. The Balaban J connectivity index is 2.57. The van der Waals surface area contributed by atoms with E-state index < -0.39 is 0 Å². The summed E-state index contributed by atoms with van der Waals surface area (Å²) in [6, 6.07) is 3.25. The third-order valence-electron chi connectivity index (χ3n) is 2.59. The molecule has 1 rings (SSSR count). The Hall–Kier alpha value is -2.10. The number of aromatic amines is 1. The molecule has 4 nitrogen and oxygen atoms in total. The van der Waals surface area contributed by atoms with Crippen molar-refractivity contribution in [2.45, 2.75) is 27.2 Å². The van der Waals surface area contributed by atoms with E-state index in [1.165, 1.54) is 6.07 Å². The first-order valence-electron chi connectivity index (χ1n) is 6.36. The molecule has 1 heterocycles. The molecule has 19 heavy (non-hydrogen) atoms. The Bertz CT molecular complexity index is 554. The zero-order valence-corrected chi connectivity index (χ0v) is 11.6. The van der Waals surface area contributed by atoms with Crippen LogP contribution in [0.1, 0.15) is 36.3 Å². The van der Waals surface area contributed by atoms with E-state index in [4.69, 9.17) is 0 Å². The first kappa shape index (κ1) is 15.0. The van der Waals surface area contributed by atoms with Crippen LogP contribution in [0, 0.1) is 6.92 Å². The van der Waals surface area contributed by atoms with Gasteiger partial charge in [0, 0.05) is 12.2 Å². The van der Waals surface area contributed by atoms with Gasteiger partial charge in [0.05, 0.1) is 0 Å². The topological polar surface area (TPSA) is 62.0 Å². The molecule has 1 amide bonds. The van der Waals surface area contributed by atoms with Crippen molar-refractivity contribution in [2.75, 3.05) is 6.54 Å². The summed E-state index contributed by atoms with van der Waals surface area (Å²) in [7, 11) is 0. The fraction of sp³-hybridized carbons (Fsp3) is 0.333. The van der Waals surface area contributed by atoms with Crippen LogP contribution in [0.25, 0.3) is 0 Å². The third-order valence-corrected chi connectivity index (χ3v) is 2.59. The standard InChI is InChI=1S/C15H20N2O2/c1-4-6-11(2)7-5-10-16-14(18)13-9-8-12(3)17-15(13)19/h5-9H,4,10H2,1-3H3,(H,16,18)(H,17,19)/b7-5+,11-6+. The molecule has 1 aromatic rings. The second-order valence-electron chi connectivity index (χ2n) is 4.35. The number of hydrogen-bond acceptors (Lipinski definition) is 2. The van der Waals surface area contributed by atoms with Crippen LogP contribution < -0.4 is 10.9 Å². The highest BCUT2D eigenvalue weighted by Crippen LogP contribution is 1.96. The number of allylic oxidation sites excluding steroid dienone is 3. The number of H-pyrrole nitrogens is 1. The summed E-state index contributed by atoms with van der Waals surface area (Å²) in [5.41, 5.74) is 1.68. The molecular weight excluding hydrogens is 240 g/mol. The third kappa shape index (κ3) is 4.95. The van der Waals surface area contributed by atoms with Crippen molar-refractivity contribution in [1.82, 2.24) is 10.3 Å². The molecular formula is C15H20N2O2. The maximum absolute atomic E-state index is 11.8. The van der Waals surface area contributed by atoms with Crippen molar-refractivity contribution in [1.29, 1.82) is 0 Å². The van der Waals surface area contributed by atoms with Gasteiger partial charge in [-0.3, -0.25) is 9.59 Å². The number of aromatic nitrogens is 1. The van der Waals surface area contributed by atoms with Crippen LogP contribution in [0.2, 0.25) is 0 Å². The Morgan fingerprint density at radius 1 is 1.42 bits per heavy atom. The van der Waals surface area contributed by atoms with Crippen molar-refractivity contribution in [2.24, 2.45) is 0 Å². The Labute approximate surface area is 113 Å². The minimum atomic E-state index is -0.358. The average Bonchev–Trinajstić information content (AvgIpc) is 2.34. The minimum absolute atomic E-state index is 0.139. The quantitative estimate of drug-likeness (QED) is 0.798. The molecule has 0 spiro atoms. The summed E-state index contributed by atoms with van der Waals surface area (Å²) in [6.07, 6.45) is 6.90. The fourth-order valence-corrected chi connectivity index (χ4v) is 1.63. The van der Waals surface area contributed by atoms with Crippen molar-refractivity contribution < 1.29 is 4.79 Å². The van der Waals surface area contributed by atoms with E-state index in [1.807, 2.05) is 19.1 Å². The highest BCUT2D eigenvalue weighted by molar-refractivity contribution is 5.93. The number of nitrogens with one attached hydrogen (secondary N) is 2. The van der Waals surface area contributed by atoms with E-state index >= 15 is 0 Å². The number of carbonyl (C=O) groups excluding carboxylic acids is 1. The monoisotopic (exact) mass is 260 g/mol. The summed E-state index contributed by atoms with van der Waals surface area (Å²) >= 11 is 0. The first-order valence-corrected chi connectivity index (χ1v) is 6.36. The zero-order valence-electron chi connectivity index (χ0n) is 11.6. The number of rotatable bonds is 5. The van der Waals surface area contributed by atoms with E-state index in [-0.39, 0.29) is 17.0 Å².